The fourth-order valence-electron chi connectivity index (χ4n) is 8.16. The summed E-state index contributed by atoms with van der Waals surface area (Å²) in [6.45, 7) is 0. The highest BCUT2D eigenvalue weighted by molar-refractivity contribution is 7.18. The van der Waals surface area contributed by atoms with Crippen LogP contribution in [0, 0.1) is 0 Å². The van der Waals surface area contributed by atoms with Crippen molar-refractivity contribution in [1.82, 2.24) is 0 Å². The molecule has 11 rings (SSSR count). The molecule has 0 atom stereocenters. The summed E-state index contributed by atoms with van der Waals surface area (Å²) in [5.41, 5.74) is 9.28. The average molecular weight is 653 g/mol. The van der Waals surface area contributed by atoms with Gasteiger partial charge in [0.1, 0.15) is 5.58 Å². The maximum absolute atomic E-state index is 6.82. The highest BCUT2D eigenvalue weighted by Crippen LogP contribution is 2.46. The second-order valence-electron chi connectivity index (χ2n) is 13.2. The van der Waals surface area contributed by atoms with Crippen LogP contribution in [0.1, 0.15) is 0 Å². The molecule has 0 fully saturated rings. The smallest absolute Gasteiger partial charge is 0.153 e. The lowest BCUT2D eigenvalue weighted by Crippen LogP contribution is -1.90. The lowest BCUT2D eigenvalue weighted by Gasteiger charge is -2.18. The molecule has 0 aliphatic carbocycles. The Hall–Kier alpha value is -6.22. The molecule has 0 spiro atoms. The van der Waals surface area contributed by atoms with Gasteiger partial charge in [-0.1, -0.05) is 133 Å². The molecule has 11 aromatic rings. The van der Waals surface area contributed by atoms with Crippen molar-refractivity contribution in [3.63, 3.8) is 0 Å². The second-order valence-corrected chi connectivity index (χ2v) is 14.1. The minimum absolute atomic E-state index is 0.914. The number of furan rings is 1. The van der Waals surface area contributed by atoms with Crippen molar-refractivity contribution in [3.05, 3.63) is 169 Å². The molecular weight excluding hydrogens is 625 g/mol. The molecule has 0 bridgehead atoms. The molecule has 232 valence electrons. The molecule has 2 heterocycles. The molecule has 0 amide bonds. The average Bonchev–Trinajstić information content (AvgIpc) is 3.78. The molecule has 0 saturated heterocycles. The van der Waals surface area contributed by atoms with Crippen molar-refractivity contribution >= 4 is 86.5 Å². The van der Waals surface area contributed by atoms with Crippen LogP contribution < -0.4 is 0 Å². The molecule has 9 aromatic carbocycles. The quantitative estimate of drug-likeness (QED) is 0.173. The van der Waals surface area contributed by atoms with Crippen LogP contribution in [0.5, 0.6) is 0 Å². The lowest BCUT2D eigenvalue weighted by atomic mass is 9.85. The number of rotatable bonds is 3. The maximum Gasteiger partial charge on any atom is 0.153 e. The van der Waals surface area contributed by atoms with Gasteiger partial charge in [-0.15, -0.1) is 11.3 Å². The van der Waals surface area contributed by atoms with E-state index in [9.17, 15) is 0 Å². The van der Waals surface area contributed by atoms with Crippen LogP contribution in [0.25, 0.3) is 108 Å². The molecule has 2 heteroatoms. The Morgan fingerprint density at radius 1 is 0.360 bits per heavy atom. The highest BCUT2D eigenvalue weighted by Gasteiger charge is 2.19. The van der Waals surface area contributed by atoms with Crippen molar-refractivity contribution in [2.75, 3.05) is 0 Å². The Morgan fingerprint density at radius 2 is 0.840 bits per heavy atom. The number of fused-ring (bicyclic) bond motifs is 9. The highest BCUT2D eigenvalue weighted by atomic mass is 32.1. The predicted molar refractivity (Wildman–Crippen MR) is 215 cm³/mol. The Balaban J connectivity index is 1.11. The molecule has 0 saturated carbocycles. The van der Waals surface area contributed by atoms with Crippen molar-refractivity contribution < 1.29 is 4.42 Å². The van der Waals surface area contributed by atoms with Crippen LogP contribution in [0.3, 0.4) is 0 Å². The van der Waals surface area contributed by atoms with Crippen molar-refractivity contribution in [1.29, 1.82) is 0 Å². The van der Waals surface area contributed by atoms with E-state index in [-0.39, 0.29) is 0 Å². The minimum atomic E-state index is 0.914. The topological polar surface area (TPSA) is 13.1 Å². The largest absolute Gasteiger partial charge is 0.455 e. The van der Waals surface area contributed by atoms with E-state index in [0.717, 1.165) is 27.5 Å². The first-order valence-electron chi connectivity index (χ1n) is 17.1. The number of hydrogen-bond acceptors (Lipinski definition) is 2. The molecule has 0 radical (unpaired) electrons. The molecule has 0 unspecified atom stereocenters. The third-order valence-corrected chi connectivity index (χ3v) is 11.5. The van der Waals surface area contributed by atoms with Crippen LogP contribution in [-0.2, 0) is 0 Å². The van der Waals surface area contributed by atoms with Gasteiger partial charge in [-0.3, -0.25) is 0 Å². The van der Waals surface area contributed by atoms with Gasteiger partial charge in [-0.25, -0.2) is 0 Å². The molecular formula is C48H28OS. The van der Waals surface area contributed by atoms with Gasteiger partial charge in [0.15, 0.2) is 5.58 Å². The SMILES string of the molecule is c1ccc2cc(-c3c4ccccc4c(-c4ccc5c(c4)oc4c5ccc5c(-c6ccc7ccccc7c6)csc54)c4ccccc34)ccc2c1. The molecule has 1 nitrogen and oxygen atoms in total. The Bertz CT molecular complexity index is 3100. The third kappa shape index (κ3) is 4.06. The summed E-state index contributed by atoms with van der Waals surface area (Å²) in [6, 6.07) is 59.8. The summed E-state index contributed by atoms with van der Waals surface area (Å²) < 4.78 is 8.01. The predicted octanol–water partition coefficient (Wildman–Crippen LogP) is 14.4. The fourth-order valence-corrected chi connectivity index (χ4v) is 9.22. The van der Waals surface area contributed by atoms with E-state index in [1.807, 2.05) is 0 Å². The van der Waals surface area contributed by atoms with E-state index in [1.165, 1.54) is 81.0 Å². The zero-order valence-corrected chi connectivity index (χ0v) is 27.8. The summed E-state index contributed by atoms with van der Waals surface area (Å²) in [4.78, 5) is 0. The summed E-state index contributed by atoms with van der Waals surface area (Å²) in [5, 5.41) is 15.8. The van der Waals surface area contributed by atoms with Crippen LogP contribution in [0.2, 0.25) is 0 Å². The van der Waals surface area contributed by atoms with Crippen LogP contribution in [0.15, 0.2) is 174 Å². The lowest BCUT2D eigenvalue weighted by molar-refractivity contribution is 0.673. The van der Waals surface area contributed by atoms with E-state index in [2.05, 4.69) is 169 Å². The zero-order chi connectivity index (χ0) is 32.8. The van der Waals surface area contributed by atoms with Gasteiger partial charge >= 0.3 is 0 Å². The molecule has 0 aliphatic heterocycles. The number of benzene rings is 9. The first kappa shape index (κ1) is 27.7. The Labute approximate surface area is 292 Å². The van der Waals surface area contributed by atoms with Crippen LogP contribution >= 0.6 is 11.3 Å². The normalized spacial score (nSPS) is 12.0. The number of hydrogen-bond donors (Lipinski definition) is 0. The summed E-state index contributed by atoms with van der Waals surface area (Å²) in [7, 11) is 0. The standard InChI is InChI=1S/C48H28OS/c1-3-11-31-25-33(19-17-29(31)9-1)43-28-50-48-42(43)24-23-41-36-22-21-35(27-44(36)49-47(41)48)46-39-15-7-5-13-37(39)45(38-14-6-8-16-40(38)46)34-20-18-30-10-2-4-12-32(30)26-34/h1-28H. The summed E-state index contributed by atoms with van der Waals surface area (Å²) in [6.07, 6.45) is 0. The zero-order valence-electron chi connectivity index (χ0n) is 27.0. The van der Waals surface area contributed by atoms with Gasteiger partial charge in [-0.2, -0.15) is 0 Å². The summed E-state index contributed by atoms with van der Waals surface area (Å²) in [5.74, 6) is 0. The maximum atomic E-state index is 6.82. The first-order chi connectivity index (χ1) is 24.8. The molecule has 50 heavy (non-hydrogen) atoms. The van der Waals surface area contributed by atoms with E-state index in [1.54, 1.807) is 11.3 Å². The number of thiophene rings is 1. The molecule has 0 N–H and O–H groups in total. The monoisotopic (exact) mass is 652 g/mol. The van der Waals surface area contributed by atoms with Gasteiger partial charge in [0.25, 0.3) is 0 Å². The first-order valence-corrected chi connectivity index (χ1v) is 18.0. The van der Waals surface area contributed by atoms with Crippen molar-refractivity contribution in [3.8, 4) is 33.4 Å². The van der Waals surface area contributed by atoms with Gasteiger partial charge < -0.3 is 4.42 Å². The van der Waals surface area contributed by atoms with Crippen molar-refractivity contribution in [2.45, 2.75) is 0 Å². The summed E-state index contributed by atoms with van der Waals surface area (Å²) >= 11 is 1.77. The van der Waals surface area contributed by atoms with Crippen LogP contribution in [-0.4, -0.2) is 0 Å². The van der Waals surface area contributed by atoms with Crippen LogP contribution in [0.4, 0.5) is 0 Å². The molecule has 0 aliphatic rings. The van der Waals surface area contributed by atoms with Gasteiger partial charge in [0, 0.05) is 21.7 Å². The van der Waals surface area contributed by atoms with Gasteiger partial charge in [0.05, 0.1) is 4.70 Å². The second kappa shape index (κ2) is 10.6. The van der Waals surface area contributed by atoms with Gasteiger partial charge in [-0.05, 0) is 107 Å². The van der Waals surface area contributed by atoms with E-state index < -0.39 is 0 Å². The third-order valence-electron chi connectivity index (χ3n) is 10.5. The molecule has 2 aromatic heterocycles. The Kier molecular flexibility index (Phi) is 5.89. The van der Waals surface area contributed by atoms with E-state index in [4.69, 9.17) is 4.42 Å². The van der Waals surface area contributed by atoms with E-state index in [0.29, 0.717) is 0 Å². The minimum Gasteiger partial charge on any atom is -0.455 e. The van der Waals surface area contributed by atoms with Gasteiger partial charge in [0.2, 0.25) is 0 Å². The van der Waals surface area contributed by atoms with Crippen molar-refractivity contribution in [2.24, 2.45) is 0 Å². The fraction of sp³-hybridized carbons (Fsp3) is 0. The van der Waals surface area contributed by atoms with E-state index >= 15 is 0 Å². The Morgan fingerprint density at radius 3 is 1.48 bits per heavy atom.